The lowest BCUT2D eigenvalue weighted by atomic mass is 10.1. The summed E-state index contributed by atoms with van der Waals surface area (Å²) in [6.07, 6.45) is 0. The quantitative estimate of drug-likeness (QED) is 0.604. The Morgan fingerprint density at radius 2 is 2.00 bits per heavy atom. The van der Waals surface area contributed by atoms with Crippen LogP contribution < -0.4 is 10.1 Å². The number of nitrogens with one attached hydrogen (secondary N) is 1. The average Bonchev–Trinajstić information content (AvgIpc) is 2.34. The molecule has 0 heterocycles. The number of benzene rings is 1. The van der Waals surface area contributed by atoms with Crippen LogP contribution in [-0.4, -0.2) is 24.8 Å². The zero-order valence-electron chi connectivity index (χ0n) is 9.40. The van der Waals surface area contributed by atoms with Gasteiger partial charge in [0.15, 0.2) is 12.4 Å². The van der Waals surface area contributed by atoms with Crippen molar-refractivity contribution >= 4 is 11.7 Å². The first-order chi connectivity index (χ1) is 8.13. The Hall–Kier alpha value is -2.35. The number of ether oxygens (including phenoxy) is 1. The standard InChI is InChI=1S/C12H12N2O3/c1-9(15)10-2-4-11(5-3-10)17-8-12(16)14-7-6-13/h2-5H,7-8H2,1H3,(H,14,16). The SMILES string of the molecule is CC(=O)c1ccc(OCC(=O)NCC#N)cc1. The molecule has 0 aromatic heterocycles. The average molecular weight is 232 g/mol. The van der Waals surface area contributed by atoms with Gasteiger partial charge in [-0.05, 0) is 31.2 Å². The second kappa shape index (κ2) is 6.28. The topological polar surface area (TPSA) is 79.2 Å². The van der Waals surface area contributed by atoms with Gasteiger partial charge in [0.25, 0.3) is 5.91 Å². The number of carbonyl (C=O) groups excluding carboxylic acids is 2. The second-order valence-corrected chi connectivity index (χ2v) is 3.30. The van der Waals surface area contributed by atoms with E-state index in [4.69, 9.17) is 10.00 Å². The van der Waals surface area contributed by atoms with E-state index in [9.17, 15) is 9.59 Å². The number of hydrogen-bond donors (Lipinski definition) is 1. The number of Topliss-reactive ketones (excluding diaryl/α,β-unsaturated/α-hetero) is 1. The van der Waals surface area contributed by atoms with Gasteiger partial charge in [-0.3, -0.25) is 9.59 Å². The van der Waals surface area contributed by atoms with Gasteiger partial charge in [-0.2, -0.15) is 5.26 Å². The lowest BCUT2D eigenvalue weighted by molar-refractivity contribution is -0.122. The fraction of sp³-hybridized carbons (Fsp3) is 0.250. The molecule has 0 saturated carbocycles. The number of nitriles is 1. The third kappa shape index (κ3) is 4.34. The van der Waals surface area contributed by atoms with Gasteiger partial charge in [-0.15, -0.1) is 0 Å². The molecule has 17 heavy (non-hydrogen) atoms. The highest BCUT2D eigenvalue weighted by atomic mass is 16.5. The summed E-state index contributed by atoms with van der Waals surface area (Å²) >= 11 is 0. The molecule has 0 unspecified atom stereocenters. The van der Waals surface area contributed by atoms with E-state index in [0.717, 1.165) is 0 Å². The first kappa shape index (κ1) is 12.7. The Bertz CT molecular complexity index is 446. The van der Waals surface area contributed by atoms with Gasteiger partial charge in [0.05, 0.1) is 6.07 Å². The highest BCUT2D eigenvalue weighted by Gasteiger charge is 2.03. The fourth-order valence-electron chi connectivity index (χ4n) is 1.12. The van der Waals surface area contributed by atoms with Gasteiger partial charge in [0, 0.05) is 5.56 Å². The van der Waals surface area contributed by atoms with Crippen molar-refractivity contribution in [1.29, 1.82) is 5.26 Å². The van der Waals surface area contributed by atoms with Gasteiger partial charge in [-0.1, -0.05) is 0 Å². The molecule has 0 spiro atoms. The number of hydrogen-bond acceptors (Lipinski definition) is 4. The van der Waals surface area contributed by atoms with E-state index in [1.165, 1.54) is 6.92 Å². The Kier molecular flexibility index (Phi) is 4.70. The van der Waals surface area contributed by atoms with Crippen LogP contribution in [0.2, 0.25) is 0 Å². The van der Waals surface area contributed by atoms with Crippen LogP contribution >= 0.6 is 0 Å². The Morgan fingerprint density at radius 1 is 1.35 bits per heavy atom. The summed E-state index contributed by atoms with van der Waals surface area (Å²) < 4.78 is 5.17. The summed E-state index contributed by atoms with van der Waals surface area (Å²) in [6, 6.07) is 8.29. The van der Waals surface area contributed by atoms with Crippen LogP contribution in [0.15, 0.2) is 24.3 Å². The Morgan fingerprint density at radius 3 is 2.53 bits per heavy atom. The number of rotatable bonds is 5. The molecule has 0 saturated heterocycles. The molecule has 1 aromatic carbocycles. The van der Waals surface area contributed by atoms with Crippen LogP contribution in [-0.2, 0) is 4.79 Å². The molecule has 0 atom stereocenters. The van der Waals surface area contributed by atoms with Crippen molar-refractivity contribution in [3.05, 3.63) is 29.8 Å². The minimum atomic E-state index is -0.359. The van der Waals surface area contributed by atoms with Crippen molar-refractivity contribution in [2.75, 3.05) is 13.2 Å². The minimum Gasteiger partial charge on any atom is -0.484 e. The summed E-state index contributed by atoms with van der Waals surface area (Å²) in [5.41, 5.74) is 0.589. The van der Waals surface area contributed by atoms with Crippen molar-refractivity contribution in [3.63, 3.8) is 0 Å². The van der Waals surface area contributed by atoms with Crippen molar-refractivity contribution < 1.29 is 14.3 Å². The molecule has 0 radical (unpaired) electrons. The molecule has 88 valence electrons. The highest BCUT2D eigenvalue weighted by Crippen LogP contribution is 2.12. The van der Waals surface area contributed by atoms with Crippen LogP contribution in [0.25, 0.3) is 0 Å². The molecule has 5 heteroatoms. The maximum Gasteiger partial charge on any atom is 0.258 e. The Labute approximate surface area is 99.0 Å². The van der Waals surface area contributed by atoms with Crippen LogP contribution in [0.1, 0.15) is 17.3 Å². The molecule has 1 amide bonds. The van der Waals surface area contributed by atoms with E-state index in [2.05, 4.69) is 5.32 Å². The maximum atomic E-state index is 11.1. The highest BCUT2D eigenvalue weighted by molar-refractivity contribution is 5.94. The van der Waals surface area contributed by atoms with Crippen molar-refractivity contribution in [2.45, 2.75) is 6.92 Å². The molecule has 1 aromatic rings. The van der Waals surface area contributed by atoms with E-state index in [0.29, 0.717) is 11.3 Å². The summed E-state index contributed by atoms with van der Waals surface area (Å²) in [6.45, 7) is 1.29. The molecule has 0 bridgehead atoms. The predicted octanol–water partition coefficient (Wildman–Crippen LogP) is 0.908. The van der Waals surface area contributed by atoms with Crippen molar-refractivity contribution in [2.24, 2.45) is 0 Å². The molecule has 1 rings (SSSR count). The third-order valence-electron chi connectivity index (χ3n) is 2.00. The van der Waals surface area contributed by atoms with Gasteiger partial charge in [0.1, 0.15) is 12.3 Å². The molecule has 1 N–H and O–H groups in total. The van der Waals surface area contributed by atoms with Gasteiger partial charge in [0.2, 0.25) is 0 Å². The second-order valence-electron chi connectivity index (χ2n) is 3.30. The molecule has 0 aliphatic rings. The van der Waals surface area contributed by atoms with E-state index in [1.54, 1.807) is 30.3 Å². The van der Waals surface area contributed by atoms with E-state index >= 15 is 0 Å². The van der Waals surface area contributed by atoms with Crippen LogP contribution in [0, 0.1) is 11.3 Å². The monoisotopic (exact) mass is 232 g/mol. The molecule has 0 fully saturated rings. The summed E-state index contributed by atoms with van der Waals surface area (Å²) in [5, 5.41) is 10.6. The lowest BCUT2D eigenvalue weighted by Gasteiger charge is -2.05. The number of amides is 1. The first-order valence-corrected chi connectivity index (χ1v) is 5.01. The minimum absolute atomic E-state index is 0.0247. The normalized spacial score (nSPS) is 9.18. The van der Waals surface area contributed by atoms with Crippen LogP contribution in [0.5, 0.6) is 5.75 Å². The number of carbonyl (C=O) groups is 2. The summed E-state index contributed by atoms with van der Waals surface area (Å²) in [5.74, 6) is 0.118. The molecular formula is C12H12N2O3. The number of ketones is 1. The van der Waals surface area contributed by atoms with Crippen LogP contribution in [0.4, 0.5) is 0 Å². The lowest BCUT2D eigenvalue weighted by Crippen LogP contribution is -2.28. The fourth-order valence-corrected chi connectivity index (χ4v) is 1.12. The van der Waals surface area contributed by atoms with Crippen LogP contribution in [0.3, 0.4) is 0 Å². The van der Waals surface area contributed by atoms with E-state index in [1.807, 2.05) is 0 Å². The smallest absolute Gasteiger partial charge is 0.258 e. The molecule has 0 aliphatic heterocycles. The van der Waals surface area contributed by atoms with Crippen molar-refractivity contribution in [1.82, 2.24) is 5.32 Å². The van der Waals surface area contributed by atoms with Gasteiger partial charge in [-0.25, -0.2) is 0 Å². The summed E-state index contributed by atoms with van der Waals surface area (Å²) in [7, 11) is 0. The first-order valence-electron chi connectivity index (χ1n) is 5.01. The van der Waals surface area contributed by atoms with E-state index < -0.39 is 0 Å². The molecule has 0 aliphatic carbocycles. The summed E-state index contributed by atoms with van der Waals surface area (Å²) in [4.78, 5) is 22.1. The largest absolute Gasteiger partial charge is 0.484 e. The molecular weight excluding hydrogens is 220 g/mol. The predicted molar refractivity (Wildman–Crippen MR) is 60.6 cm³/mol. The van der Waals surface area contributed by atoms with Crippen molar-refractivity contribution in [3.8, 4) is 11.8 Å². The maximum absolute atomic E-state index is 11.1. The zero-order chi connectivity index (χ0) is 12.7. The molecule has 5 nitrogen and oxygen atoms in total. The number of nitrogens with zero attached hydrogens (tertiary/aromatic N) is 1. The van der Waals surface area contributed by atoms with Gasteiger partial charge < -0.3 is 10.1 Å². The third-order valence-corrected chi connectivity index (χ3v) is 2.00. The Balaban J connectivity index is 2.45. The van der Waals surface area contributed by atoms with E-state index in [-0.39, 0.29) is 24.8 Å². The zero-order valence-corrected chi connectivity index (χ0v) is 9.40. The van der Waals surface area contributed by atoms with Gasteiger partial charge >= 0.3 is 0 Å².